The van der Waals surface area contributed by atoms with E-state index >= 15 is 0 Å². The van der Waals surface area contributed by atoms with Crippen LogP contribution in [0.5, 0.6) is 5.75 Å². The van der Waals surface area contributed by atoms with E-state index in [1.807, 2.05) is 53.6 Å². The average molecular weight is 388 g/mol. The quantitative estimate of drug-likeness (QED) is 0.669. The van der Waals surface area contributed by atoms with Gasteiger partial charge in [0.1, 0.15) is 5.75 Å². The molecular weight excluding hydrogens is 364 g/mol. The molecule has 29 heavy (non-hydrogen) atoms. The first kappa shape index (κ1) is 19.1. The minimum atomic E-state index is 0.137. The van der Waals surface area contributed by atoms with Crippen LogP contribution in [-0.2, 0) is 11.2 Å². The summed E-state index contributed by atoms with van der Waals surface area (Å²) in [6.07, 6.45) is 7.50. The molecule has 0 atom stereocenters. The summed E-state index contributed by atoms with van der Waals surface area (Å²) in [5, 5.41) is 0. The number of hydrogen-bond donors (Lipinski definition) is 0. The molecule has 2 aromatic heterocycles. The van der Waals surface area contributed by atoms with Gasteiger partial charge in [-0.15, -0.1) is 0 Å². The summed E-state index contributed by atoms with van der Waals surface area (Å²) in [6, 6.07) is 13.5. The van der Waals surface area contributed by atoms with Gasteiger partial charge in [0.25, 0.3) is 0 Å². The topological polar surface area (TPSA) is 68.2 Å². The van der Waals surface area contributed by atoms with Crippen LogP contribution < -0.4 is 4.74 Å². The summed E-state index contributed by atoms with van der Waals surface area (Å²) in [5.74, 6) is 1.25. The predicted octanol–water partition coefficient (Wildman–Crippen LogP) is 3.50. The first-order chi connectivity index (χ1) is 14.2. The minimum Gasteiger partial charge on any atom is -0.497 e. The average Bonchev–Trinajstić information content (AvgIpc) is 2.80. The molecule has 3 heterocycles. The lowest BCUT2D eigenvalue weighted by Crippen LogP contribution is -2.39. The van der Waals surface area contributed by atoms with Gasteiger partial charge in [-0.05, 0) is 37.1 Å². The SMILES string of the molecule is COc1cccc(-c2cncc(C3CCN(C(=O)Cc4ccccn4)CC3)n2)c1. The fourth-order valence-electron chi connectivity index (χ4n) is 3.69. The van der Waals surface area contributed by atoms with E-state index in [2.05, 4.69) is 9.97 Å². The number of benzene rings is 1. The first-order valence-corrected chi connectivity index (χ1v) is 9.87. The third-order valence-electron chi connectivity index (χ3n) is 5.34. The molecule has 148 valence electrons. The Hall–Kier alpha value is -3.28. The molecule has 0 spiro atoms. The molecule has 0 N–H and O–H groups in total. The fraction of sp³-hybridized carbons (Fsp3) is 0.304. The number of pyridine rings is 1. The highest BCUT2D eigenvalue weighted by Gasteiger charge is 2.25. The molecule has 1 aliphatic heterocycles. The second kappa shape index (κ2) is 8.82. The van der Waals surface area contributed by atoms with E-state index in [0.717, 1.165) is 54.3 Å². The highest BCUT2D eigenvalue weighted by Crippen LogP contribution is 2.29. The van der Waals surface area contributed by atoms with Gasteiger partial charge in [-0.3, -0.25) is 14.8 Å². The van der Waals surface area contributed by atoms with Crippen LogP contribution in [0, 0.1) is 0 Å². The Labute approximate surface area is 170 Å². The summed E-state index contributed by atoms with van der Waals surface area (Å²) in [7, 11) is 1.66. The first-order valence-electron chi connectivity index (χ1n) is 9.87. The third-order valence-corrected chi connectivity index (χ3v) is 5.34. The molecule has 3 aromatic rings. The van der Waals surface area contributed by atoms with Gasteiger partial charge in [-0.2, -0.15) is 0 Å². The number of ether oxygens (including phenoxy) is 1. The van der Waals surface area contributed by atoms with Crippen molar-refractivity contribution in [3.05, 3.63) is 72.4 Å². The molecule has 0 unspecified atom stereocenters. The number of methoxy groups -OCH3 is 1. The van der Waals surface area contributed by atoms with E-state index in [9.17, 15) is 4.79 Å². The molecule has 0 saturated carbocycles. The number of aromatic nitrogens is 3. The van der Waals surface area contributed by atoms with Crippen LogP contribution in [0.4, 0.5) is 0 Å². The standard InChI is InChI=1S/C23H24N4O2/c1-29-20-7-4-5-18(13-20)22-16-24-15-21(26-22)17-8-11-27(12-9-17)23(28)14-19-6-2-3-10-25-19/h2-7,10,13,15-17H,8-9,11-12,14H2,1H3. The number of rotatable bonds is 5. The molecule has 1 aliphatic rings. The van der Waals surface area contributed by atoms with Crippen molar-refractivity contribution in [2.45, 2.75) is 25.2 Å². The Balaban J connectivity index is 1.40. The van der Waals surface area contributed by atoms with Crippen LogP contribution in [0.15, 0.2) is 61.1 Å². The Kier molecular flexibility index (Phi) is 5.79. The number of nitrogens with zero attached hydrogens (tertiary/aromatic N) is 4. The van der Waals surface area contributed by atoms with E-state index < -0.39 is 0 Å². The lowest BCUT2D eigenvalue weighted by atomic mass is 9.93. The number of carbonyl (C=O) groups is 1. The zero-order chi connectivity index (χ0) is 20.1. The molecule has 1 saturated heterocycles. The Morgan fingerprint density at radius 1 is 1.14 bits per heavy atom. The van der Waals surface area contributed by atoms with Crippen molar-refractivity contribution in [1.82, 2.24) is 19.9 Å². The molecule has 4 rings (SSSR count). The van der Waals surface area contributed by atoms with Crippen molar-refractivity contribution in [1.29, 1.82) is 0 Å². The molecule has 6 nitrogen and oxygen atoms in total. The lowest BCUT2D eigenvalue weighted by molar-refractivity contribution is -0.131. The molecule has 0 radical (unpaired) electrons. The summed E-state index contributed by atoms with van der Waals surface area (Å²) >= 11 is 0. The van der Waals surface area contributed by atoms with Crippen molar-refractivity contribution in [3.8, 4) is 17.0 Å². The highest BCUT2D eigenvalue weighted by molar-refractivity contribution is 5.78. The van der Waals surface area contributed by atoms with Gasteiger partial charge >= 0.3 is 0 Å². The second-order valence-electron chi connectivity index (χ2n) is 7.21. The van der Waals surface area contributed by atoms with Crippen molar-refractivity contribution in [3.63, 3.8) is 0 Å². The molecule has 1 aromatic carbocycles. The zero-order valence-corrected chi connectivity index (χ0v) is 16.5. The van der Waals surface area contributed by atoms with Crippen LogP contribution in [0.25, 0.3) is 11.3 Å². The van der Waals surface area contributed by atoms with Gasteiger partial charge in [0.15, 0.2) is 0 Å². The van der Waals surface area contributed by atoms with Gasteiger partial charge in [-0.25, -0.2) is 4.98 Å². The molecule has 0 aliphatic carbocycles. The summed E-state index contributed by atoms with van der Waals surface area (Å²) in [4.78, 5) is 28.0. The Morgan fingerprint density at radius 2 is 2.00 bits per heavy atom. The number of likely N-dealkylation sites (tertiary alicyclic amines) is 1. The molecular formula is C23H24N4O2. The number of piperidine rings is 1. The van der Waals surface area contributed by atoms with Gasteiger partial charge in [-0.1, -0.05) is 18.2 Å². The number of hydrogen-bond acceptors (Lipinski definition) is 5. The van der Waals surface area contributed by atoms with Crippen LogP contribution in [-0.4, -0.2) is 46.0 Å². The van der Waals surface area contributed by atoms with Crippen molar-refractivity contribution in [2.24, 2.45) is 0 Å². The summed E-state index contributed by atoms with van der Waals surface area (Å²) in [6.45, 7) is 1.48. The normalized spacial score (nSPS) is 14.6. The molecule has 0 bridgehead atoms. The lowest BCUT2D eigenvalue weighted by Gasteiger charge is -2.31. The monoisotopic (exact) mass is 388 g/mol. The Bertz CT molecular complexity index is 969. The summed E-state index contributed by atoms with van der Waals surface area (Å²) < 4.78 is 5.31. The number of carbonyl (C=O) groups excluding carboxylic acids is 1. The smallest absolute Gasteiger partial charge is 0.228 e. The van der Waals surface area contributed by atoms with Crippen LogP contribution in [0.2, 0.25) is 0 Å². The largest absolute Gasteiger partial charge is 0.497 e. The maximum Gasteiger partial charge on any atom is 0.228 e. The molecule has 6 heteroatoms. The third kappa shape index (κ3) is 4.59. The van der Waals surface area contributed by atoms with Gasteiger partial charge in [0.05, 0.1) is 31.1 Å². The highest BCUT2D eigenvalue weighted by atomic mass is 16.5. The van der Waals surface area contributed by atoms with Crippen LogP contribution >= 0.6 is 0 Å². The van der Waals surface area contributed by atoms with Gasteiger partial charge in [0, 0.05) is 42.7 Å². The second-order valence-corrected chi connectivity index (χ2v) is 7.21. The molecule has 1 fully saturated rings. The fourth-order valence-corrected chi connectivity index (χ4v) is 3.69. The van der Waals surface area contributed by atoms with E-state index in [1.165, 1.54) is 0 Å². The Morgan fingerprint density at radius 3 is 2.76 bits per heavy atom. The van der Waals surface area contributed by atoms with Crippen molar-refractivity contribution >= 4 is 5.91 Å². The summed E-state index contributed by atoms with van der Waals surface area (Å²) in [5.41, 5.74) is 3.63. The van der Waals surface area contributed by atoms with E-state index in [4.69, 9.17) is 9.72 Å². The van der Waals surface area contributed by atoms with E-state index in [1.54, 1.807) is 19.5 Å². The maximum absolute atomic E-state index is 12.6. The number of amides is 1. The minimum absolute atomic E-state index is 0.137. The molecule has 1 amide bonds. The van der Waals surface area contributed by atoms with Crippen LogP contribution in [0.3, 0.4) is 0 Å². The van der Waals surface area contributed by atoms with Gasteiger partial charge < -0.3 is 9.64 Å². The maximum atomic E-state index is 12.6. The van der Waals surface area contributed by atoms with Crippen molar-refractivity contribution < 1.29 is 9.53 Å². The van der Waals surface area contributed by atoms with E-state index in [-0.39, 0.29) is 5.91 Å². The van der Waals surface area contributed by atoms with Crippen LogP contribution in [0.1, 0.15) is 30.1 Å². The predicted molar refractivity (Wildman–Crippen MR) is 111 cm³/mol. The van der Waals surface area contributed by atoms with E-state index in [0.29, 0.717) is 12.3 Å². The zero-order valence-electron chi connectivity index (χ0n) is 16.5. The van der Waals surface area contributed by atoms with Gasteiger partial charge in [0.2, 0.25) is 5.91 Å². The van der Waals surface area contributed by atoms with Crippen molar-refractivity contribution in [2.75, 3.05) is 20.2 Å².